The average Bonchev–Trinajstić information content (AvgIpc) is 3.25. The molecule has 0 aliphatic carbocycles. The van der Waals surface area contributed by atoms with Gasteiger partial charge in [0.25, 0.3) is 0 Å². The van der Waals surface area contributed by atoms with Crippen molar-refractivity contribution >= 4 is 22.4 Å². The molecule has 3 nitrogen and oxygen atoms in total. The van der Waals surface area contributed by atoms with Gasteiger partial charge in [0.15, 0.2) is 5.65 Å². The summed E-state index contributed by atoms with van der Waals surface area (Å²) in [6.07, 6.45) is -4.48. The molecule has 0 amide bonds. The van der Waals surface area contributed by atoms with Gasteiger partial charge in [-0.05, 0) is 36.9 Å². The Hall–Kier alpha value is -2.67. The molecule has 0 unspecified atom stereocenters. The molecule has 0 aliphatic rings. The normalized spacial score (nSPS) is 12.0. The summed E-state index contributed by atoms with van der Waals surface area (Å²) < 4.78 is 42.8. The Morgan fingerprint density at radius 3 is 2.44 bits per heavy atom. The molecule has 3 aromatic heterocycles. The molecule has 0 bridgehead atoms. The number of rotatable bonds is 3. The Morgan fingerprint density at radius 1 is 1.07 bits per heavy atom. The fraction of sp³-hybridized carbons (Fsp3) is 0.200. The Morgan fingerprint density at radius 2 is 1.81 bits per heavy atom. The van der Waals surface area contributed by atoms with Crippen molar-refractivity contribution < 1.29 is 13.2 Å². The maximum Gasteiger partial charge on any atom is 0.417 e. The first-order valence-corrected chi connectivity index (χ1v) is 9.25. The molecule has 1 aromatic carbocycles. The zero-order valence-electron chi connectivity index (χ0n) is 14.7. The Kier molecular flexibility index (Phi) is 4.26. The van der Waals surface area contributed by atoms with Crippen LogP contribution in [0.4, 0.5) is 13.2 Å². The summed E-state index contributed by atoms with van der Waals surface area (Å²) in [6, 6.07) is 12.5. The fourth-order valence-electron chi connectivity index (χ4n) is 3.10. The first kappa shape index (κ1) is 17.7. The molecule has 138 valence electrons. The third-order valence-corrected chi connectivity index (χ3v) is 5.30. The van der Waals surface area contributed by atoms with Crippen LogP contribution in [0, 0.1) is 13.8 Å². The van der Waals surface area contributed by atoms with E-state index in [-0.39, 0.29) is 11.0 Å². The zero-order chi connectivity index (χ0) is 19.2. The van der Waals surface area contributed by atoms with Crippen molar-refractivity contribution in [3.63, 3.8) is 0 Å². The van der Waals surface area contributed by atoms with Crippen molar-refractivity contribution in [2.45, 2.75) is 26.6 Å². The highest BCUT2D eigenvalue weighted by Crippen LogP contribution is 2.38. The lowest BCUT2D eigenvalue weighted by molar-refractivity contribution is -0.136. The number of nitrogens with zero attached hydrogens (tertiary/aromatic N) is 3. The van der Waals surface area contributed by atoms with E-state index in [0.717, 1.165) is 17.2 Å². The van der Waals surface area contributed by atoms with Crippen molar-refractivity contribution in [2.75, 3.05) is 0 Å². The van der Waals surface area contributed by atoms with Crippen molar-refractivity contribution in [1.29, 1.82) is 0 Å². The number of aromatic nitrogens is 3. The van der Waals surface area contributed by atoms with E-state index < -0.39 is 11.7 Å². The predicted molar refractivity (Wildman–Crippen MR) is 101 cm³/mol. The average molecular weight is 387 g/mol. The molecule has 7 heteroatoms. The van der Waals surface area contributed by atoms with Crippen LogP contribution < -0.4 is 0 Å². The molecule has 4 aromatic rings. The number of pyridine rings is 1. The van der Waals surface area contributed by atoms with Crippen LogP contribution in [0.25, 0.3) is 21.6 Å². The van der Waals surface area contributed by atoms with E-state index in [4.69, 9.17) is 0 Å². The first-order chi connectivity index (χ1) is 12.8. The standard InChI is InChI=1S/C20H16F3N3S/c1-12-5-7-14(8-6-12)11-26-19-18(13(2)25-26)15(20(21,22)23)10-16(24-19)17-4-3-9-27-17/h3-10H,11H2,1-2H3. The van der Waals surface area contributed by atoms with Gasteiger partial charge in [0.2, 0.25) is 0 Å². The quantitative estimate of drug-likeness (QED) is 0.442. The maximum absolute atomic E-state index is 13.7. The molecule has 4 rings (SSSR count). The molecule has 0 radical (unpaired) electrons. The lowest BCUT2D eigenvalue weighted by Crippen LogP contribution is -2.08. The Balaban J connectivity index is 1.93. The van der Waals surface area contributed by atoms with Crippen LogP contribution in [0.1, 0.15) is 22.4 Å². The van der Waals surface area contributed by atoms with Gasteiger partial charge < -0.3 is 0 Å². The van der Waals surface area contributed by atoms with E-state index in [1.165, 1.54) is 11.3 Å². The highest BCUT2D eigenvalue weighted by molar-refractivity contribution is 7.13. The number of hydrogen-bond acceptors (Lipinski definition) is 3. The molecule has 0 saturated heterocycles. The van der Waals surface area contributed by atoms with E-state index in [9.17, 15) is 13.2 Å². The summed E-state index contributed by atoms with van der Waals surface area (Å²) in [5, 5.41) is 6.25. The molecule has 0 fully saturated rings. The van der Waals surface area contributed by atoms with Gasteiger partial charge in [0.1, 0.15) is 0 Å². The van der Waals surface area contributed by atoms with Crippen molar-refractivity contribution in [3.05, 3.63) is 70.2 Å². The topological polar surface area (TPSA) is 30.7 Å². The smallest absolute Gasteiger partial charge is 0.243 e. The van der Waals surface area contributed by atoms with Gasteiger partial charge in [-0.3, -0.25) is 0 Å². The third kappa shape index (κ3) is 3.35. The molecule has 3 heterocycles. The fourth-order valence-corrected chi connectivity index (χ4v) is 3.79. The van der Waals surface area contributed by atoms with E-state index in [1.54, 1.807) is 23.7 Å². The number of aryl methyl sites for hydroxylation is 2. The van der Waals surface area contributed by atoms with Gasteiger partial charge in [-0.2, -0.15) is 18.3 Å². The minimum atomic E-state index is -4.48. The van der Waals surface area contributed by atoms with Crippen molar-refractivity contribution in [3.8, 4) is 10.6 Å². The van der Waals surface area contributed by atoms with Crippen LogP contribution >= 0.6 is 11.3 Å². The van der Waals surface area contributed by atoms with Gasteiger partial charge in [-0.25, -0.2) is 9.67 Å². The number of benzene rings is 1. The largest absolute Gasteiger partial charge is 0.417 e. The van der Waals surface area contributed by atoms with Crippen LogP contribution in [0.15, 0.2) is 47.8 Å². The van der Waals surface area contributed by atoms with E-state index >= 15 is 0 Å². The lowest BCUT2D eigenvalue weighted by atomic mass is 10.1. The summed E-state index contributed by atoms with van der Waals surface area (Å²) in [4.78, 5) is 5.23. The molecule has 0 spiro atoms. The minimum absolute atomic E-state index is 0.0647. The molecular formula is C20H16F3N3S. The maximum atomic E-state index is 13.7. The van der Waals surface area contributed by atoms with Gasteiger partial charge in [-0.1, -0.05) is 35.9 Å². The second kappa shape index (κ2) is 6.49. The van der Waals surface area contributed by atoms with Crippen LogP contribution in [0.3, 0.4) is 0 Å². The SMILES string of the molecule is Cc1ccc(Cn2nc(C)c3c(C(F)(F)F)cc(-c4cccs4)nc32)cc1. The Bertz CT molecular complexity index is 1090. The zero-order valence-corrected chi connectivity index (χ0v) is 15.5. The third-order valence-electron chi connectivity index (χ3n) is 4.41. The second-order valence-corrected chi connectivity index (χ2v) is 7.41. The molecule has 0 aliphatic heterocycles. The minimum Gasteiger partial charge on any atom is -0.243 e. The van der Waals surface area contributed by atoms with E-state index in [0.29, 0.717) is 22.8 Å². The molecular weight excluding hydrogens is 371 g/mol. The second-order valence-electron chi connectivity index (χ2n) is 6.46. The Labute approximate surface area is 158 Å². The summed E-state index contributed by atoms with van der Waals surface area (Å²) in [5.41, 5.74) is 2.29. The summed E-state index contributed by atoms with van der Waals surface area (Å²) >= 11 is 1.36. The number of fused-ring (bicyclic) bond motifs is 1. The van der Waals surface area contributed by atoms with Crippen molar-refractivity contribution in [2.24, 2.45) is 0 Å². The lowest BCUT2D eigenvalue weighted by Gasteiger charge is -2.11. The molecule has 27 heavy (non-hydrogen) atoms. The van der Waals surface area contributed by atoms with Gasteiger partial charge >= 0.3 is 6.18 Å². The van der Waals surface area contributed by atoms with E-state index in [1.807, 2.05) is 36.6 Å². The summed E-state index contributed by atoms with van der Waals surface area (Å²) in [5.74, 6) is 0. The van der Waals surface area contributed by atoms with E-state index in [2.05, 4.69) is 10.1 Å². The van der Waals surface area contributed by atoms with Crippen LogP contribution in [-0.2, 0) is 12.7 Å². The monoisotopic (exact) mass is 387 g/mol. The predicted octanol–water partition coefficient (Wildman–Crippen LogP) is 5.84. The van der Waals surface area contributed by atoms with Crippen LogP contribution in [-0.4, -0.2) is 14.8 Å². The number of halogens is 3. The van der Waals surface area contributed by atoms with Crippen molar-refractivity contribution in [1.82, 2.24) is 14.8 Å². The van der Waals surface area contributed by atoms with Gasteiger partial charge in [0.05, 0.1) is 33.8 Å². The van der Waals surface area contributed by atoms with Gasteiger partial charge in [0, 0.05) is 0 Å². The molecule has 0 saturated carbocycles. The molecule has 0 N–H and O–H groups in total. The first-order valence-electron chi connectivity index (χ1n) is 8.38. The summed E-state index contributed by atoms with van der Waals surface area (Å²) in [6.45, 7) is 3.94. The number of thiophene rings is 1. The number of hydrogen-bond donors (Lipinski definition) is 0. The highest BCUT2D eigenvalue weighted by Gasteiger charge is 2.35. The molecule has 0 atom stereocenters. The van der Waals surface area contributed by atoms with Crippen LogP contribution in [0.2, 0.25) is 0 Å². The highest BCUT2D eigenvalue weighted by atomic mass is 32.1. The number of alkyl halides is 3. The van der Waals surface area contributed by atoms with Crippen LogP contribution in [0.5, 0.6) is 0 Å². The van der Waals surface area contributed by atoms with Gasteiger partial charge in [-0.15, -0.1) is 11.3 Å². The summed E-state index contributed by atoms with van der Waals surface area (Å²) in [7, 11) is 0.